The van der Waals surface area contributed by atoms with E-state index in [4.69, 9.17) is 0 Å². The topological polar surface area (TPSA) is 32.3 Å². The normalized spacial score (nSPS) is 34.9. The van der Waals surface area contributed by atoms with Gasteiger partial charge in [0.15, 0.2) is 0 Å². The van der Waals surface area contributed by atoms with Gasteiger partial charge in [0.05, 0.1) is 0 Å². The number of amides is 1. The van der Waals surface area contributed by atoms with Crippen molar-refractivity contribution < 1.29 is 4.79 Å². The van der Waals surface area contributed by atoms with E-state index in [2.05, 4.69) is 5.32 Å². The van der Waals surface area contributed by atoms with Gasteiger partial charge in [0.1, 0.15) is 0 Å². The summed E-state index contributed by atoms with van der Waals surface area (Å²) in [6.07, 6.45) is 2.44. The average molecular weight is 168 g/mol. The van der Waals surface area contributed by atoms with E-state index in [-0.39, 0.29) is 5.91 Å². The van der Waals surface area contributed by atoms with Crippen molar-refractivity contribution in [3.8, 4) is 0 Å². The smallest absolute Gasteiger partial charge is 0.219 e. The van der Waals surface area contributed by atoms with E-state index < -0.39 is 0 Å². The van der Waals surface area contributed by atoms with Crippen LogP contribution < -0.4 is 5.32 Å². The van der Waals surface area contributed by atoms with E-state index in [1.54, 1.807) is 6.92 Å². The van der Waals surface area contributed by atoms with Crippen molar-refractivity contribution in [2.45, 2.75) is 19.8 Å². The van der Waals surface area contributed by atoms with Crippen LogP contribution >= 0.6 is 0 Å². The number of nitrogens with one attached hydrogen (secondary N) is 1. The molecule has 0 aromatic heterocycles. The lowest BCUT2D eigenvalue weighted by molar-refractivity contribution is -0.128. The van der Waals surface area contributed by atoms with E-state index in [0.29, 0.717) is 5.41 Å². The lowest BCUT2D eigenvalue weighted by atomic mass is 9.87. The van der Waals surface area contributed by atoms with E-state index in [0.717, 1.165) is 26.2 Å². The molecular formula is C9H16N2O. The summed E-state index contributed by atoms with van der Waals surface area (Å²) < 4.78 is 0. The minimum absolute atomic E-state index is 0.235. The molecular weight excluding hydrogens is 152 g/mol. The van der Waals surface area contributed by atoms with Gasteiger partial charge >= 0.3 is 0 Å². The van der Waals surface area contributed by atoms with Crippen molar-refractivity contribution in [3.05, 3.63) is 0 Å². The second-order valence-corrected chi connectivity index (χ2v) is 4.12. The van der Waals surface area contributed by atoms with Gasteiger partial charge < -0.3 is 10.2 Å². The van der Waals surface area contributed by atoms with Gasteiger partial charge in [-0.05, 0) is 19.4 Å². The third-order valence-corrected chi connectivity index (χ3v) is 3.22. The molecule has 1 spiro atoms. The average Bonchev–Trinajstić information content (AvgIpc) is 2.62. The molecule has 2 aliphatic rings. The lowest BCUT2D eigenvalue weighted by Gasteiger charge is -2.21. The first-order chi connectivity index (χ1) is 5.72. The van der Waals surface area contributed by atoms with Gasteiger partial charge in [0.25, 0.3) is 0 Å². The molecule has 1 atom stereocenters. The molecule has 2 saturated heterocycles. The highest BCUT2D eigenvalue weighted by Crippen LogP contribution is 2.35. The highest BCUT2D eigenvalue weighted by molar-refractivity contribution is 5.73. The predicted molar refractivity (Wildman–Crippen MR) is 46.8 cm³/mol. The molecule has 1 amide bonds. The summed E-state index contributed by atoms with van der Waals surface area (Å²) in [5, 5.41) is 3.38. The number of carbonyl (C=O) groups is 1. The number of hydrogen-bond donors (Lipinski definition) is 1. The van der Waals surface area contributed by atoms with Crippen LogP contribution in [0.4, 0.5) is 0 Å². The van der Waals surface area contributed by atoms with Gasteiger partial charge in [-0.15, -0.1) is 0 Å². The van der Waals surface area contributed by atoms with Crippen molar-refractivity contribution in [1.29, 1.82) is 0 Å². The SMILES string of the molecule is CC(=O)N1CCC2(CCNC2)C1. The zero-order chi connectivity index (χ0) is 8.60. The Labute approximate surface area is 73.1 Å². The van der Waals surface area contributed by atoms with Crippen molar-refractivity contribution in [3.63, 3.8) is 0 Å². The molecule has 2 fully saturated rings. The summed E-state index contributed by atoms with van der Waals surface area (Å²) in [5.41, 5.74) is 0.436. The maximum Gasteiger partial charge on any atom is 0.219 e. The van der Waals surface area contributed by atoms with Gasteiger partial charge in [0, 0.05) is 32.0 Å². The molecule has 0 radical (unpaired) electrons. The largest absolute Gasteiger partial charge is 0.342 e. The Bertz CT molecular complexity index is 197. The molecule has 1 N–H and O–H groups in total. The first kappa shape index (κ1) is 8.05. The standard InChI is InChI=1S/C9H16N2O/c1-8(12)11-5-3-9(7-11)2-4-10-6-9/h10H,2-7H2,1H3. The van der Waals surface area contributed by atoms with Gasteiger partial charge in [-0.2, -0.15) is 0 Å². The van der Waals surface area contributed by atoms with Crippen LogP contribution in [-0.4, -0.2) is 37.0 Å². The van der Waals surface area contributed by atoms with E-state index >= 15 is 0 Å². The fraction of sp³-hybridized carbons (Fsp3) is 0.889. The predicted octanol–water partition coefficient (Wildman–Crippen LogP) is 0.218. The van der Waals surface area contributed by atoms with Gasteiger partial charge in [-0.25, -0.2) is 0 Å². The first-order valence-corrected chi connectivity index (χ1v) is 4.68. The lowest BCUT2D eigenvalue weighted by Crippen LogP contribution is -2.31. The maximum atomic E-state index is 11.1. The number of carbonyl (C=O) groups excluding carboxylic acids is 1. The molecule has 0 aromatic rings. The molecule has 0 saturated carbocycles. The summed E-state index contributed by atoms with van der Waals surface area (Å²) in [5.74, 6) is 0.235. The fourth-order valence-corrected chi connectivity index (χ4v) is 2.35. The zero-order valence-corrected chi connectivity index (χ0v) is 7.60. The Kier molecular flexibility index (Phi) is 1.83. The summed E-state index contributed by atoms with van der Waals surface area (Å²) in [7, 11) is 0. The first-order valence-electron chi connectivity index (χ1n) is 4.68. The van der Waals surface area contributed by atoms with Crippen molar-refractivity contribution in [1.82, 2.24) is 10.2 Å². The molecule has 3 heteroatoms. The Morgan fingerprint density at radius 1 is 1.50 bits per heavy atom. The monoisotopic (exact) mass is 168 g/mol. The molecule has 3 nitrogen and oxygen atoms in total. The van der Waals surface area contributed by atoms with Gasteiger partial charge in [0.2, 0.25) is 5.91 Å². The highest BCUT2D eigenvalue weighted by atomic mass is 16.2. The van der Waals surface area contributed by atoms with Crippen LogP contribution in [0.15, 0.2) is 0 Å². The second kappa shape index (κ2) is 2.73. The molecule has 0 aliphatic carbocycles. The van der Waals surface area contributed by atoms with Crippen LogP contribution in [-0.2, 0) is 4.79 Å². The van der Waals surface area contributed by atoms with Crippen LogP contribution in [0, 0.1) is 5.41 Å². The summed E-state index contributed by atoms with van der Waals surface area (Å²) in [6.45, 7) is 5.86. The molecule has 2 heterocycles. The van der Waals surface area contributed by atoms with Crippen molar-refractivity contribution in [2.75, 3.05) is 26.2 Å². The third-order valence-electron chi connectivity index (χ3n) is 3.22. The van der Waals surface area contributed by atoms with Crippen LogP contribution in [0.5, 0.6) is 0 Å². The highest BCUT2D eigenvalue weighted by Gasteiger charge is 2.40. The molecule has 0 aromatic carbocycles. The molecule has 2 rings (SSSR count). The minimum Gasteiger partial charge on any atom is -0.342 e. The Balaban J connectivity index is 2.01. The van der Waals surface area contributed by atoms with E-state index in [1.807, 2.05) is 4.90 Å². The third kappa shape index (κ3) is 1.22. The number of rotatable bonds is 0. The molecule has 1 unspecified atom stereocenters. The Morgan fingerprint density at radius 3 is 2.83 bits per heavy atom. The van der Waals surface area contributed by atoms with Crippen LogP contribution in [0.25, 0.3) is 0 Å². The minimum atomic E-state index is 0.235. The van der Waals surface area contributed by atoms with Gasteiger partial charge in [-0.3, -0.25) is 4.79 Å². The quantitative estimate of drug-likeness (QED) is 0.561. The van der Waals surface area contributed by atoms with Crippen molar-refractivity contribution >= 4 is 5.91 Å². The number of likely N-dealkylation sites (tertiary alicyclic amines) is 1. The van der Waals surface area contributed by atoms with Crippen LogP contribution in [0.2, 0.25) is 0 Å². The van der Waals surface area contributed by atoms with Crippen molar-refractivity contribution in [2.24, 2.45) is 5.41 Å². The fourth-order valence-electron chi connectivity index (χ4n) is 2.35. The summed E-state index contributed by atoms with van der Waals surface area (Å²) in [6, 6.07) is 0. The molecule has 68 valence electrons. The Morgan fingerprint density at radius 2 is 2.33 bits per heavy atom. The van der Waals surface area contributed by atoms with Gasteiger partial charge in [-0.1, -0.05) is 0 Å². The second-order valence-electron chi connectivity index (χ2n) is 4.12. The van der Waals surface area contributed by atoms with E-state index in [9.17, 15) is 4.79 Å². The van der Waals surface area contributed by atoms with Crippen LogP contribution in [0.3, 0.4) is 0 Å². The Hall–Kier alpha value is -0.570. The number of nitrogens with zero attached hydrogens (tertiary/aromatic N) is 1. The summed E-state index contributed by atoms with van der Waals surface area (Å²) in [4.78, 5) is 13.1. The zero-order valence-electron chi connectivity index (χ0n) is 7.60. The molecule has 0 bridgehead atoms. The maximum absolute atomic E-state index is 11.1. The molecule has 2 aliphatic heterocycles. The number of hydrogen-bond acceptors (Lipinski definition) is 2. The molecule has 12 heavy (non-hydrogen) atoms. The summed E-state index contributed by atoms with van der Waals surface area (Å²) >= 11 is 0. The van der Waals surface area contributed by atoms with E-state index in [1.165, 1.54) is 12.8 Å². The van der Waals surface area contributed by atoms with Crippen LogP contribution in [0.1, 0.15) is 19.8 Å².